The van der Waals surface area contributed by atoms with Crippen LogP contribution in [0.5, 0.6) is 0 Å². The molecule has 0 bridgehead atoms. The van der Waals surface area contributed by atoms with Gasteiger partial charge in [-0.1, -0.05) is 12.6 Å². The lowest BCUT2D eigenvalue weighted by atomic mass is 10.7. The van der Waals surface area contributed by atoms with Crippen LogP contribution in [0, 0.1) is 13.8 Å². The topological polar surface area (TPSA) is 82.9 Å². The van der Waals surface area contributed by atoms with E-state index in [-0.39, 0.29) is 12.3 Å². The smallest absolute Gasteiger partial charge is 0.296 e. The molecule has 0 aliphatic rings. The number of rotatable bonds is 0. The van der Waals surface area contributed by atoms with Crippen molar-refractivity contribution < 1.29 is 4.52 Å². The van der Waals surface area contributed by atoms with Crippen LogP contribution in [-0.2, 0) is 14.1 Å². The zero-order valence-corrected chi connectivity index (χ0v) is 10.2. The Balaban J connectivity index is 0.000000284. The molecule has 0 saturated heterocycles. The third kappa shape index (κ3) is 3.66. The van der Waals surface area contributed by atoms with Crippen LogP contribution in [0.15, 0.2) is 14.1 Å². The summed E-state index contributed by atoms with van der Waals surface area (Å²) in [4.78, 5) is 20.9. The Morgan fingerprint density at radius 3 is 1.82 bits per heavy atom. The highest BCUT2D eigenvalue weighted by Gasteiger charge is 1.96. The van der Waals surface area contributed by atoms with E-state index in [9.17, 15) is 9.59 Å². The lowest BCUT2D eigenvalue weighted by Crippen LogP contribution is -2.09. The number of aromatic nitrogens is 4. The van der Waals surface area contributed by atoms with Crippen LogP contribution in [0.25, 0.3) is 0 Å². The van der Waals surface area contributed by atoms with E-state index in [0.717, 1.165) is 17.4 Å². The van der Waals surface area contributed by atoms with Gasteiger partial charge in [-0.15, -0.1) is 0 Å². The highest BCUT2D eigenvalue weighted by molar-refractivity contribution is 7.02. The van der Waals surface area contributed by atoms with Gasteiger partial charge in [0.15, 0.2) is 5.82 Å². The van der Waals surface area contributed by atoms with Crippen LogP contribution in [0.3, 0.4) is 0 Å². The van der Waals surface area contributed by atoms with Crippen molar-refractivity contribution in [1.29, 1.82) is 0 Å². The second-order valence-corrected chi connectivity index (χ2v) is 3.82. The molecule has 0 aromatic carbocycles. The summed E-state index contributed by atoms with van der Waals surface area (Å²) in [5.41, 5.74) is 0. The number of hydrogen-bond donors (Lipinski definition) is 0. The monoisotopic (exact) mass is 260 g/mol. The predicted molar refractivity (Wildman–Crippen MR) is 65.3 cm³/mol. The predicted octanol–water partition coefficient (Wildman–Crippen LogP) is 0.468. The van der Waals surface area contributed by atoms with Crippen LogP contribution in [0.4, 0.5) is 0 Å². The molecule has 2 rings (SSSR count). The normalized spacial score (nSPS) is 9.18. The molecular weight excluding hydrogens is 244 g/mol. The van der Waals surface area contributed by atoms with Gasteiger partial charge < -0.3 is 0 Å². The standard InChI is InChI=1S/C4H6N2O2.C4H6N2OS.CH4/c2*1-3-5-8-4(7)6(3)2;/h2*1-2H3;1H4. The molecule has 0 radical (unpaired) electrons. The first-order chi connectivity index (χ1) is 7.43. The van der Waals surface area contributed by atoms with Crippen molar-refractivity contribution in [3.8, 4) is 0 Å². The molecule has 0 saturated carbocycles. The SMILES string of the molecule is C.Cc1noc(=O)n1C.Cc1nsc(=O)n1C. The van der Waals surface area contributed by atoms with Crippen molar-refractivity contribution in [3.63, 3.8) is 0 Å². The molecule has 0 fully saturated rings. The van der Waals surface area contributed by atoms with Gasteiger partial charge in [-0.3, -0.25) is 18.5 Å². The third-order valence-corrected chi connectivity index (χ3v) is 2.82. The van der Waals surface area contributed by atoms with E-state index in [1.807, 2.05) is 0 Å². The average molecular weight is 260 g/mol. The number of nitrogens with zero attached hydrogens (tertiary/aromatic N) is 4. The fourth-order valence-corrected chi connectivity index (χ4v) is 1.31. The molecule has 2 aromatic rings. The summed E-state index contributed by atoms with van der Waals surface area (Å²) in [6, 6.07) is 0. The molecule has 7 nitrogen and oxygen atoms in total. The largest absolute Gasteiger partial charge is 0.441 e. The summed E-state index contributed by atoms with van der Waals surface area (Å²) in [6.07, 6.45) is 0. The zero-order chi connectivity index (χ0) is 12.3. The molecule has 8 heteroatoms. The Morgan fingerprint density at radius 1 is 1.12 bits per heavy atom. The molecule has 0 N–H and O–H groups in total. The molecule has 0 amide bonds. The van der Waals surface area contributed by atoms with Gasteiger partial charge in [0.05, 0.1) is 0 Å². The van der Waals surface area contributed by atoms with Gasteiger partial charge in [-0.05, 0) is 13.8 Å². The van der Waals surface area contributed by atoms with Gasteiger partial charge in [0, 0.05) is 25.6 Å². The summed E-state index contributed by atoms with van der Waals surface area (Å²) >= 11 is 0.988. The quantitative estimate of drug-likeness (QED) is 0.687. The summed E-state index contributed by atoms with van der Waals surface area (Å²) in [5.74, 6) is 0.956. The zero-order valence-electron chi connectivity index (χ0n) is 9.42. The minimum Gasteiger partial charge on any atom is -0.296 e. The van der Waals surface area contributed by atoms with Gasteiger partial charge >= 0.3 is 10.6 Å². The van der Waals surface area contributed by atoms with E-state index in [1.165, 1.54) is 9.13 Å². The van der Waals surface area contributed by atoms with Crippen molar-refractivity contribution in [2.24, 2.45) is 14.1 Å². The Hall–Kier alpha value is -1.70. The van der Waals surface area contributed by atoms with E-state index in [4.69, 9.17) is 0 Å². The molecular formula is C9H16N4O3S. The van der Waals surface area contributed by atoms with Crippen molar-refractivity contribution in [1.82, 2.24) is 18.7 Å². The molecule has 96 valence electrons. The summed E-state index contributed by atoms with van der Waals surface area (Å²) < 4.78 is 10.9. The molecule has 0 atom stereocenters. The van der Waals surface area contributed by atoms with E-state index < -0.39 is 5.76 Å². The third-order valence-electron chi connectivity index (χ3n) is 2.03. The lowest BCUT2D eigenvalue weighted by Gasteiger charge is -1.84. The molecule has 17 heavy (non-hydrogen) atoms. The van der Waals surface area contributed by atoms with E-state index >= 15 is 0 Å². The summed E-state index contributed by atoms with van der Waals surface area (Å²) in [5, 5.41) is 3.39. The highest BCUT2D eigenvalue weighted by Crippen LogP contribution is 1.86. The summed E-state index contributed by atoms with van der Waals surface area (Å²) in [7, 11) is 3.31. The minimum atomic E-state index is -0.414. The Morgan fingerprint density at radius 2 is 1.71 bits per heavy atom. The van der Waals surface area contributed by atoms with Gasteiger partial charge in [-0.25, -0.2) is 4.79 Å². The van der Waals surface area contributed by atoms with Gasteiger partial charge in [0.25, 0.3) is 0 Å². The molecule has 0 unspecified atom stereocenters. The van der Waals surface area contributed by atoms with Crippen LogP contribution in [-0.4, -0.2) is 18.7 Å². The molecule has 0 spiro atoms. The minimum absolute atomic E-state index is 0. The van der Waals surface area contributed by atoms with Crippen molar-refractivity contribution in [2.45, 2.75) is 21.3 Å². The van der Waals surface area contributed by atoms with Crippen molar-refractivity contribution >= 4 is 11.5 Å². The lowest BCUT2D eigenvalue weighted by molar-refractivity contribution is 0.377. The van der Waals surface area contributed by atoms with Gasteiger partial charge in [0.1, 0.15) is 5.82 Å². The fraction of sp³-hybridized carbons (Fsp3) is 0.556. The van der Waals surface area contributed by atoms with Crippen LogP contribution >= 0.6 is 11.5 Å². The average Bonchev–Trinajstić information content (AvgIpc) is 2.70. The summed E-state index contributed by atoms with van der Waals surface area (Å²) in [6.45, 7) is 3.50. The van der Waals surface area contributed by atoms with Gasteiger partial charge in [0.2, 0.25) is 0 Å². The molecule has 2 aromatic heterocycles. The maximum Gasteiger partial charge on any atom is 0.441 e. The highest BCUT2D eigenvalue weighted by atomic mass is 32.1. The number of aryl methyl sites for hydroxylation is 2. The molecule has 2 heterocycles. The van der Waals surface area contributed by atoms with E-state index in [0.29, 0.717) is 5.82 Å². The molecule has 0 aliphatic heterocycles. The van der Waals surface area contributed by atoms with Crippen molar-refractivity contribution in [3.05, 3.63) is 31.9 Å². The Kier molecular flexibility index (Phi) is 5.52. The van der Waals surface area contributed by atoms with E-state index in [1.54, 1.807) is 27.9 Å². The van der Waals surface area contributed by atoms with Crippen LogP contribution in [0.2, 0.25) is 0 Å². The van der Waals surface area contributed by atoms with E-state index in [2.05, 4.69) is 14.1 Å². The van der Waals surface area contributed by atoms with Gasteiger partial charge in [-0.2, -0.15) is 4.37 Å². The molecule has 0 aliphatic carbocycles. The maximum absolute atomic E-state index is 10.6. The Labute approximate surface area is 102 Å². The number of hydrogen-bond acceptors (Lipinski definition) is 6. The van der Waals surface area contributed by atoms with Crippen LogP contribution in [0.1, 0.15) is 19.1 Å². The van der Waals surface area contributed by atoms with Crippen LogP contribution < -0.4 is 10.6 Å². The first kappa shape index (κ1) is 15.3. The second-order valence-electron chi connectivity index (χ2n) is 3.11. The second kappa shape index (κ2) is 6.14. The first-order valence-corrected chi connectivity index (χ1v) is 5.19. The Bertz CT molecular complexity index is 525. The van der Waals surface area contributed by atoms with Crippen molar-refractivity contribution in [2.75, 3.05) is 0 Å². The fourth-order valence-electron chi connectivity index (χ4n) is 0.719. The maximum atomic E-state index is 10.6. The first-order valence-electron chi connectivity index (χ1n) is 4.42.